The Bertz CT molecular complexity index is 672. The van der Waals surface area contributed by atoms with Gasteiger partial charge in [0.15, 0.2) is 0 Å². The van der Waals surface area contributed by atoms with Crippen LogP contribution in [0.15, 0.2) is 54.6 Å². The molecule has 3 nitrogen and oxygen atoms in total. The zero-order valence-electron chi connectivity index (χ0n) is 15.9. The maximum atomic E-state index is 8.98. The van der Waals surface area contributed by atoms with E-state index in [0.717, 1.165) is 44.6 Å². The molecule has 0 aliphatic carbocycles. The summed E-state index contributed by atoms with van der Waals surface area (Å²) < 4.78 is 11.5. The topological polar surface area (TPSA) is 42.2 Å². The fraction of sp³-hybridized carbons (Fsp3) is 0.435. The third kappa shape index (κ3) is 7.72. The minimum atomic E-state index is -0.218. The number of nitriles is 1. The Morgan fingerprint density at radius 2 is 1.62 bits per heavy atom. The molecule has 26 heavy (non-hydrogen) atoms. The molecule has 0 atom stereocenters. The van der Waals surface area contributed by atoms with E-state index in [1.54, 1.807) is 0 Å². The van der Waals surface area contributed by atoms with Crippen molar-refractivity contribution >= 4 is 0 Å². The minimum absolute atomic E-state index is 0.218. The molecule has 0 fully saturated rings. The molecular weight excluding hydrogens is 322 g/mol. The lowest BCUT2D eigenvalue weighted by molar-refractivity contribution is 0.131. The Balaban J connectivity index is 1.58. The molecule has 2 aromatic rings. The van der Waals surface area contributed by atoms with Gasteiger partial charge in [-0.05, 0) is 62.8 Å². The van der Waals surface area contributed by atoms with E-state index < -0.39 is 0 Å². The maximum absolute atomic E-state index is 8.98. The number of ether oxygens (including phenoxy) is 2. The zero-order valence-corrected chi connectivity index (χ0v) is 15.9. The third-order valence-electron chi connectivity index (χ3n) is 4.35. The molecule has 0 aliphatic rings. The number of hydrogen-bond acceptors (Lipinski definition) is 3. The molecule has 0 spiro atoms. The molecule has 0 heterocycles. The number of benzene rings is 2. The van der Waals surface area contributed by atoms with Crippen molar-refractivity contribution in [3.63, 3.8) is 0 Å². The van der Waals surface area contributed by atoms with Crippen LogP contribution in [0.25, 0.3) is 0 Å². The summed E-state index contributed by atoms with van der Waals surface area (Å²) in [6.07, 6.45) is 3.88. The van der Waals surface area contributed by atoms with Gasteiger partial charge in [-0.2, -0.15) is 5.26 Å². The second kappa shape index (κ2) is 10.6. The lowest BCUT2D eigenvalue weighted by atomic mass is 9.89. The average molecular weight is 351 g/mol. The number of nitrogens with zero attached hydrogens (tertiary/aromatic N) is 1. The highest BCUT2D eigenvalue weighted by Crippen LogP contribution is 2.21. The van der Waals surface area contributed by atoms with E-state index in [0.29, 0.717) is 6.61 Å². The highest BCUT2D eigenvalue weighted by atomic mass is 16.5. The minimum Gasteiger partial charge on any atom is -0.489 e. The number of hydrogen-bond donors (Lipinski definition) is 0. The molecule has 0 aromatic heterocycles. The average Bonchev–Trinajstić information content (AvgIpc) is 2.67. The van der Waals surface area contributed by atoms with Crippen molar-refractivity contribution in [2.45, 2.75) is 46.1 Å². The van der Waals surface area contributed by atoms with Crippen LogP contribution in [0.2, 0.25) is 0 Å². The predicted molar refractivity (Wildman–Crippen MR) is 105 cm³/mol. The first-order valence-corrected chi connectivity index (χ1v) is 9.34. The first-order chi connectivity index (χ1) is 12.6. The van der Waals surface area contributed by atoms with Crippen molar-refractivity contribution in [1.82, 2.24) is 0 Å². The molecule has 0 unspecified atom stereocenters. The molecule has 0 radical (unpaired) electrons. The molecule has 0 saturated carbocycles. The van der Waals surface area contributed by atoms with Gasteiger partial charge in [0.1, 0.15) is 12.4 Å². The molecule has 0 saturated heterocycles. The summed E-state index contributed by atoms with van der Waals surface area (Å²) in [5, 5.41) is 8.98. The van der Waals surface area contributed by atoms with Gasteiger partial charge in [0.2, 0.25) is 0 Å². The fourth-order valence-electron chi connectivity index (χ4n) is 2.61. The summed E-state index contributed by atoms with van der Waals surface area (Å²) in [6, 6.07) is 20.7. The van der Waals surface area contributed by atoms with E-state index in [-0.39, 0.29) is 5.41 Å². The van der Waals surface area contributed by atoms with Gasteiger partial charge in [0.05, 0.1) is 18.1 Å². The van der Waals surface area contributed by atoms with Crippen LogP contribution >= 0.6 is 0 Å². The Kier molecular flexibility index (Phi) is 8.18. The van der Waals surface area contributed by atoms with Gasteiger partial charge in [-0.3, -0.25) is 0 Å². The third-order valence-corrected chi connectivity index (χ3v) is 4.35. The summed E-state index contributed by atoms with van der Waals surface area (Å²) in [5.74, 6) is 0.888. The summed E-state index contributed by atoms with van der Waals surface area (Å²) in [6.45, 7) is 6.06. The highest BCUT2D eigenvalue weighted by molar-refractivity contribution is 5.28. The van der Waals surface area contributed by atoms with E-state index in [1.165, 1.54) is 11.1 Å². The molecule has 0 bridgehead atoms. The smallest absolute Gasteiger partial charge is 0.119 e. The van der Waals surface area contributed by atoms with Crippen LogP contribution in [-0.2, 0) is 17.8 Å². The van der Waals surface area contributed by atoms with Gasteiger partial charge in [-0.15, -0.1) is 0 Å². The summed E-state index contributed by atoms with van der Waals surface area (Å²) >= 11 is 0. The Morgan fingerprint density at radius 1 is 0.885 bits per heavy atom. The van der Waals surface area contributed by atoms with Crippen molar-refractivity contribution in [2.24, 2.45) is 5.41 Å². The second-order valence-electron chi connectivity index (χ2n) is 7.23. The predicted octanol–water partition coefficient (Wildman–Crippen LogP) is 5.54. The molecule has 2 aromatic carbocycles. The van der Waals surface area contributed by atoms with Crippen molar-refractivity contribution < 1.29 is 9.47 Å². The van der Waals surface area contributed by atoms with E-state index in [4.69, 9.17) is 14.7 Å². The highest BCUT2D eigenvalue weighted by Gasteiger charge is 2.15. The van der Waals surface area contributed by atoms with Crippen LogP contribution in [0.1, 0.15) is 44.2 Å². The summed E-state index contributed by atoms with van der Waals surface area (Å²) in [5.41, 5.74) is 2.20. The summed E-state index contributed by atoms with van der Waals surface area (Å²) in [4.78, 5) is 0. The Hall–Kier alpha value is -2.31. The second-order valence-corrected chi connectivity index (χ2v) is 7.23. The SMILES string of the molecule is CC(C)(C#N)CCCCOCCc1ccc(OCc2ccccc2)cc1. The van der Waals surface area contributed by atoms with E-state index in [1.807, 2.05) is 44.2 Å². The van der Waals surface area contributed by atoms with E-state index in [2.05, 4.69) is 30.3 Å². The van der Waals surface area contributed by atoms with Crippen molar-refractivity contribution in [2.75, 3.05) is 13.2 Å². The van der Waals surface area contributed by atoms with Gasteiger partial charge in [0.25, 0.3) is 0 Å². The van der Waals surface area contributed by atoms with Crippen LogP contribution in [-0.4, -0.2) is 13.2 Å². The molecule has 0 N–H and O–H groups in total. The summed E-state index contributed by atoms with van der Waals surface area (Å²) in [7, 11) is 0. The van der Waals surface area contributed by atoms with E-state index >= 15 is 0 Å². The number of unbranched alkanes of at least 4 members (excludes halogenated alkanes) is 1. The molecule has 3 heteroatoms. The molecule has 0 amide bonds. The van der Waals surface area contributed by atoms with Gasteiger partial charge < -0.3 is 9.47 Å². The first-order valence-electron chi connectivity index (χ1n) is 9.34. The van der Waals surface area contributed by atoms with Crippen molar-refractivity contribution in [3.05, 3.63) is 65.7 Å². The Labute approximate surface area is 157 Å². The molecule has 2 rings (SSSR count). The van der Waals surface area contributed by atoms with Crippen LogP contribution < -0.4 is 4.74 Å². The fourth-order valence-corrected chi connectivity index (χ4v) is 2.61. The normalized spacial score (nSPS) is 11.1. The lowest BCUT2D eigenvalue weighted by Crippen LogP contribution is -2.08. The van der Waals surface area contributed by atoms with Crippen LogP contribution in [0.4, 0.5) is 0 Å². The van der Waals surface area contributed by atoms with Gasteiger partial charge in [-0.25, -0.2) is 0 Å². The van der Waals surface area contributed by atoms with Crippen LogP contribution in [0.3, 0.4) is 0 Å². The maximum Gasteiger partial charge on any atom is 0.119 e. The first kappa shape index (κ1) is 20.0. The lowest BCUT2D eigenvalue weighted by Gasteiger charge is -2.14. The molecule has 0 aliphatic heterocycles. The number of rotatable bonds is 11. The van der Waals surface area contributed by atoms with Gasteiger partial charge in [-0.1, -0.05) is 42.5 Å². The Morgan fingerprint density at radius 3 is 2.31 bits per heavy atom. The molecular formula is C23H29NO2. The quantitative estimate of drug-likeness (QED) is 0.499. The van der Waals surface area contributed by atoms with Crippen LogP contribution in [0, 0.1) is 16.7 Å². The largest absolute Gasteiger partial charge is 0.489 e. The molecule has 138 valence electrons. The van der Waals surface area contributed by atoms with Gasteiger partial charge >= 0.3 is 0 Å². The van der Waals surface area contributed by atoms with Crippen LogP contribution in [0.5, 0.6) is 5.75 Å². The van der Waals surface area contributed by atoms with Gasteiger partial charge in [0, 0.05) is 6.61 Å². The monoisotopic (exact) mass is 351 g/mol. The van der Waals surface area contributed by atoms with Crippen molar-refractivity contribution in [3.8, 4) is 11.8 Å². The van der Waals surface area contributed by atoms with Crippen molar-refractivity contribution in [1.29, 1.82) is 5.26 Å². The standard InChI is InChI=1S/C23H29NO2/c1-23(2,19-24)15-6-7-16-25-17-14-20-10-12-22(13-11-20)26-18-21-8-4-3-5-9-21/h3-5,8-13H,6-7,14-18H2,1-2H3. The van der Waals surface area contributed by atoms with E-state index in [9.17, 15) is 0 Å². The zero-order chi connectivity index (χ0) is 18.7.